The highest BCUT2D eigenvalue weighted by molar-refractivity contribution is 6.15. The van der Waals surface area contributed by atoms with Crippen LogP contribution < -0.4 is 11.1 Å². The van der Waals surface area contributed by atoms with Crippen molar-refractivity contribution < 1.29 is 4.42 Å². The second-order valence-electron chi connectivity index (χ2n) is 15.1. The summed E-state index contributed by atoms with van der Waals surface area (Å²) in [6.45, 7) is 4.70. The maximum atomic E-state index is 6.93. The van der Waals surface area contributed by atoms with Crippen LogP contribution in [0, 0.1) is 0 Å². The summed E-state index contributed by atoms with van der Waals surface area (Å²) in [4.78, 5) is 0. The number of rotatable bonds is 7. The molecule has 9 aromatic rings. The average molecular weight is 697 g/mol. The van der Waals surface area contributed by atoms with E-state index in [9.17, 15) is 0 Å². The third-order valence-electron chi connectivity index (χ3n) is 11.5. The molecule has 1 heterocycles. The quantitative estimate of drug-likeness (QED) is 0.163. The molecule has 54 heavy (non-hydrogen) atoms. The molecule has 0 saturated carbocycles. The van der Waals surface area contributed by atoms with Crippen molar-refractivity contribution in [1.82, 2.24) is 5.32 Å². The van der Waals surface area contributed by atoms with Crippen molar-refractivity contribution in [3.63, 3.8) is 0 Å². The van der Waals surface area contributed by atoms with Crippen LogP contribution in [0.4, 0.5) is 0 Å². The zero-order valence-corrected chi connectivity index (χ0v) is 30.4. The molecular weight excluding hydrogens is 657 g/mol. The van der Waals surface area contributed by atoms with E-state index in [0.29, 0.717) is 0 Å². The van der Waals surface area contributed by atoms with Crippen LogP contribution in [0.1, 0.15) is 47.8 Å². The van der Waals surface area contributed by atoms with Gasteiger partial charge in [-0.25, -0.2) is 0 Å². The first-order chi connectivity index (χ1) is 26.4. The van der Waals surface area contributed by atoms with Crippen LogP contribution in [-0.2, 0) is 11.8 Å². The third kappa shape index (κ3) is 5.31. The maximum absolute atomic E-state index is 6.93. The molecule has 1 atom stereocenters. The first-order valence-corrected chi connectivity index (χ1v) is 18.8. The molecule has 0 radical (unpaired) electrons. The summed E-state index contributed by atoms with van der Waals surface area (Å²) >= 11 is 0. The summed E-state index contributed by atoms with van der Waals surface area (Å²) in [6, 6.07) is 58.7. The van der Waals surface area contributed by atoms with E-state index in [4.69, 9.17) is 10.2 Å². The SMILES string of the molecule is CC1(C)c2cc3ccccc3cc2-c2c(/C(=C/Cc3cccc(-c4cccc5oc6cc7ccccc7cc6c45)c3)NC(N)c3ccccc3)cccc21. The van der Waals surface area contributed by atoms with Crippen LogP contribution in [0.15, 0.2) is 174 Å². The minimum absolute atomic E-state index is 0.143. The van der Waals surface area contributed by atoms with E-state index in [0.717, 1.165) is 39.6 Å². The normalized spacial score (nSPS) is 14.1. The fourth-order valence-corrected chi connectivity index (χ4v) is 8.69. The summed E-state index contributed by atoms with van der Waals surface area (Å²) in [7, 11) is 0. The van der Waals surface area contributed by atoms with Crippen molar-refractivity contribution in [2.24, 2.45) is 5.73 Å². The Morgan fingerprint density at radius 3 is 2.11 bits per heavy atom. The Hall–Kier alpha value is -6.42. The Bertz CT molecular complexity index is 2930. The smallest absolute Gasteiger partial charge is 0.136 e. The molecule has 8 aromatic carbocycles. The van der Waals surface area contributed by atoms with Crippen molar-refractivity contribution in [3.05, 3.63) is 198 Å². The molecule has 1 aliphatic carbocycles. The number of allylic oxidation sites excluding steroid dienone is 1. The lowest BCUT2D eigenvalue weighted by Crippen LogP contribution is -2.28. The monoisotopic (exact) mass is 696 g/mol. The van der Waals surface area contributed by atoms with Gasteiger partial charge in [-0.15, -0.1) is 0 Å². The Labute approximate surface area is 315 Å². The zero-order chi connectivity index (χ0) is 36.4. The van der Waals surface area contributed by atoms with Crippen LogP contribution in [0.5, 0.6) is 0 Å². The minimum atomic E-state index is -0.381. The predicted molar refractivity (Wildman–Crippen MR) is 226 cm³/mol. The lowest BCUT2D eigenvalue weighted by atomic mass is 9.81. The average Bonchev–Trinajstić information content (AvgIpc) is 3.68. The summed E-state index contributed by atoms with van der Waals surface area (Å²) in [6.07, 6.45) is 2.67. The zero-order valence-electron chi connectivity index (χ0n) is 30.4. The predicted octanol–water partition coefficient (Wildman–Crippen LogP) is 12.7. The van der Waals surface area contributed by atoms with Crippen LogP contribution >= 0.6 is 0 Å². The molecule has 1 unspecified atom stereocenters. The number of nitrogens with one attached hydrogen (secondary N) is 1. The number of furan rings is 1. The second kappa shape index (κ2) is 12.6. The Kier molecular flexibility index (Phi) is 7.53. The first kappa shape index (κ1) is 32.2. The lowest BCUT2D eigenvalue weighted by Gasteiger charge is -2.23. The van der Waals surface area contributed by atoms with Gasteiger partial charge in [-0.3, -0.25) is 0 Å². The summed E-state index contributed by atoms with van der Waals surface area (Å²) in [5.41, 5.74) is 20.7. The van der Waals surface area contributed by atoms with Crippen molar-refractivity contribution in [2.75, 3.05) is 0 Å². The van der Waals surface area contributed by atoms with Gasteiger partial charge in [-0.2, -0.15) is 0 Å². The van der Waals surface area contributed by atoms with Gasteiger partial charge in [0.1, 0.15) is 17.3 Å². The Morgan fingerprint density at radius 2 is 1.31 bits per heavy atom. The summed E-state index contributed by atoms with van der Waals surface area (Å²) in [5, 5.41) is 11.0. The Morgan fingerprint density at radius 1 is 0.630 bits per heavy atom. The molecule has 0 saturated heterocycles. The van der Waals surface area contributed by atoms with Crippen LogP contribution in [0.25, 0.3) is 71.4 Å². The number of nitrogens with two attached hydrogens (primary N) is 1. The van der Waals surface area contributed by atoms with Gasteiger partial charge in [0.15, 0.2) is 0 Å². The van der Waals surface area contributed by atoms with Gasteiger partial charge in [-0.1, -0.05) is 153 Å². The highest BCUT2D eigenvalue weighted by Crippen LogP contribution is 2.52. The molecule has 0 fully saturated rings. The van der Waals surface area contributed by atoms with Crippen molar-refractivity contribution in [1.29, 1.82) is 0 Å². The van der Waals surface area contributed by atoms with E-state index in [-0.39, 0.29) is 11.6 Å². The fourth-order valence-electron chi connectivity index (χ4n) is 8.69. The molecule has 0 spiro atoms. The van der Waals surface area contributed by atoms with Crippen LogP contribution in [0.2, 0.25) is 0 Å². The molecule has 3 heteroatoms. The molecule has 0 amide bonds. The van der Waals surface area contributed by atoms with Crippen LogP contribution in [0.3, 0.4) is 0 Å². The molecule has 1 aliphatic rings. The molecule has 3 N–H and O–H groups in total. The van der Waals surface area contributed by atoms with Gasteiger partial charge in [0.05, 0.1) is 0 Å². The van der Waals surface area contributed by atoms with Crippen molar-refractivity contribution in [2.45, 2.75) is 31.8 Å². The van der Waals surface area contributed by atoms with E-state index in [1.165, 1.54) is 66.1 Å². The number of hydrogen-bond acceptors (Lipinski definition) is 3. The number of benzene rings is 8. The molecule has 0 aliphatic heterocycles. The topological polar surface area (TPSA) is 51.2 Å². The van der Waals surface area contributed by atoms with Gasteiger partial charge in [0.25, 0.3) is 0 Å². The van der Waals surface area contributed by atoms with E-state index in [2.05, 4.69) is 171 Å². The van der Waals surface area contributed by atoms with Crippen LogP contribution in [-0.4, -0.2) is 0 Å². The van der Waals surface area contributed by atoms with Gasteiger partial charge >= 0.3 is 0 Å². The van der Waals surface area contributed by atoms with E-state index in [1.807, 2.05) is 18.2 Å². The molecule has 1 aromatic heterocycles. The third-order valence-corrected chi connectivity index (χ3v) is 11.5. The molecule has 3 nitrogen and oxygen atoms in total. The highest BCUT2D eigenvalue weighted by atomic mass is 16.3. The molecule has 260 valence electrons. The van der Waals surface area contributed by atoms with Gasteiger partial charge in [0, 0.05) is 27.4 Å². The van der Waals surface area contributed by atoms with Crippen molar-refractivity contribution in [3.8, 4) is 22.3 Å². The summed E-state index contributed by atoms with van der Waals surface area (Å²) < 4.78 is 6.42. The summed E-state index contributed by atoms with van der Waals surface area (Å²) in [5.74, 6) is 0. The fraction of sp³-hybridized carbons (Fsp3) is 0.0980. The minimum Gasteiger partial charge on any atom is -0.456 e. The molecule has 10 rings (SSSR count). The molecular formula is C51H40N2O. The standard InChI is InChI=1S/C51H40N2O/c1-51(2)43-23-11-22-40(48(43)41-28-34-16-6-8-18-36(34)30-44(41)51)45(53-50(52)33-14-4-3-5-15-33)26-25-32-13-10-20-38(27-32)39-21-12-24-46-49(39)42-29-35-17-7-9-19-37(35)31-47(42)54-46/h3-24,26-31,50,53H,25,52H2,1-2H3/b45-26-. The Balaban J connectivity index is 1.09. The maximum Gasteiger partial charge on any atom is 0.136 e. The highest BCUT2D eigenvalue weighted by Gasteiger charge is 2.37. The lowest BCUT2D eigenvalue weighted by molar-refractivity contribution is 0.659. The van der Waals surface area contributed by atoms with Gasteiger partial charge < -0.3 is 15.5 Å². The second-order valence-corrected chi connectivity index (χ2v) is 15.1. The van der Waals surface area contributed by atoms with E-state index < -0.39 is 0 Å². The van der Waals surface area contributed by atoms with E-state index >= 15 is 0 Å². The molecule has 0 bridgehead atoms. The first-order valence-electron chi connectivity index (χ1n) is 18.8. The van der Waals surface area contributed by atoms with Crippen molar-refractivity contribution >= 4 is 49.2 Å². The van der Waals surface area contributed by atoms with Gasteiger partial charge in [0.2, 0.25) is 0 Å². The number of fused-ring (bicyclic) bond motifs is 8. The van der Waals surface area contributed by atoms with E-state index in [1.54, 1.807) is 0 Å². The van der Waals surface area contributed by atoms with Gasteiger partial charge in [-0.05, 0) is 103 Å². The number of hydrogen-bond donors (Lipinski definition) is 2. The largest absolute Gasteiger partial charge is 0.456 e.